The van der Waals surface area contributed by atoms with E-state index in [9.17, 15) is 5.11 Å². The highest BCUT2D eigenvalue weighted by molar-refractivity contribution is 5.70. The Kier molecular flexibility index (Phi) is 3.45. The molecule has 0 spiro atoms. The zero-order chi connectivity index (χ0) is 12.3. The maximum Gasteiger partial charge on any atom is 0.123 e. The molecule has 0 radical (unpaired) electrons. The van der Waals surface area contributed by atoms with Crippen molar-refractivity contribution in [2.45, 2.75) is 13.3 Å². The predicted molar refractivity (Wildman–Crippen MR) is 69.1 cm³/mol. The van der Waals surface area contributed by atoms with Crippen molar-refractivity contribution in [1.29, 1.82) is 0 Å². The van der Waals surface area contributed by atoms with E-state index in [0.29, 0.717) is 6.42 Å². The predicted octanol–water partition coefficient (Wildman–Crippen LogP) is 2.90. The van der Waals surface area contributed by atoms with Gasteiger partial charge in [0.25, 0.3) is 0 Å². The van der Waals surface area contributed by atoms with Crippen molar-refractivity contribution in [3.63, 3.8) is 0 Å². The third-order valence-corrected chi connectivity index (χ3v) is 2.82. The molecule has 0 aromatic heterocycles. The van der Waals surface area contributed by atoms with E-state index in [1.807, 2.05) is 43.3 Å². The molecule has 17 heavy (non-hydrogen) atoms. The summed E-state index contributed by atoms with van der Waals surface area (Å²) in [4.78, 5) is 0. The molecule has 0 bridgehead atoms. The number of aromatic hydroxyl groups is 1. The lowest BCUT2D eigenvalue weighted by atomic mass is 10.00. The second-order valence-electron chi connectivity index (χ2n) is 4.19. The summed E-state index contributed by atoms with van der Waals surface area (Å²) in [7, 11) is 0. The molecule has 88 valence electrons. The average Bonchev–Trinajstić information content (AvgIpc) is 2.33. The van der Waals surface area contributed by atoms with Gasteiger partial charge < -0.3 is 10.2 Å². The van der Waals surface area contributed by atoms with Crippen LogP contribution in [-0.4, -0.2) is 16.8 Å². The Balaban J connectivity index is 2.42. The minimum absolute atomic E-state index is 0.123. The summed E-state index contributed by atoms with van der Waals surface area (Å²) in [5, 5.41) is 18.8. The third-order valence-electron chi connectivity index (χ3n) is 2.82. The number of hydrogen-bond acceptors (Lipinski definition) is 2. The molecule has 0 atom stereocenters. The summed E-state index contributed by atoms with van der Waals surface area (Å²) in [6.45, 7) is 2.16. The van der Waals surface area contributed by atoms with Gasteiger partial charge in [0.1, 0.15) is 5.75 Å². The van der Waals surface area contributed by atoms with Crippen LogP contribution in [0.25, 0.3) is 11.1 Å². The summed E-state index contributed by atoms with van der Waals surface area (Å²) in [6.07, 6.45) is 0.610. The Morgan fingerprint density at radius 2 is 1.71 bits per heavy atom. The summed E-state index contributed by atoms with van der Waals surface area (Å²) >= 11 is 0. The number of aryl methyl sites for hydroxylation is 1. The second kappa shape index (κ2) is 5.02. The number of hydrogen-bond donors (Lipinski definition) is 2. The van der Waals surface area contributed by atoms with Gasteiger partial charge in [-0.2, -0.15) is 0 Å². The molecule has 2 N–H and O–H groups in total. The minimum atomic E-state index is 0.123. The molecule has 2 nitrogen and oxygen atoms in total. The van der Waals surface area contributed by atoms with Crippen LogP contribution in [-0.2, 0) is 6.42 Å². The van der Waals surface area contributed by atoms with Crippen LogP contribution in [0.1, 0.15) is 11.1 Å². The number of aliphatic hydroxyl groups excluding tert-OH is 1. The molecule has 0 aliphatic heterocycles. The Bertz CT molecular complexity index is 501. The molecule has 0 saturated heterocycles. The number of rotatable bonds is 3. The number of phenols is 1. The maximum absolute atomic E-state index is 9.86. The van der Waals surface area contributed by atoms with Gasteiger partial charge in [0.2, 0.25) is 0 Å². The lowest BCUT2D eigenvalue weighted by Crippen LogP contribution is -1.91. The Morgan fingerprint density at radius 3 is 2.35 bits per heavy atom. The van der Waals surface area contributed by atoms with Crippen molar-refractivity contribution >= 4 is 0 Å². The topological polar surface area (TPSA) is 40.5 Å². The first kappa shape index (κ1) is 11.7. The molecule has 0 saturated carbocycles. The lowest BCUT2D eigenvalue weighted by molar-refractivity contribution is 0.299. The van der Waals surface area contributed by atoms with E-state index in [1.165, 1.54) is 5.56 Å². The molecule has 0 aliphatic rings. The average molecular weight is 228 g/mol. The Hall–Kier alpha value is -1.80. The van der Waals surface area contributed by atoms with Crippen LogP contribution >= 0.6 is 0 Å². The van der Waals surface area contributed by atoms with E-state index in [4.69, 9.17) is 5.11 Å². The van der Waals surface area contributed by atoms with Gasteiger partial charge >= 0.3 is 0 Å². The Labute approximate surface area is 101 Å². The monoisotopic (exact) mass is 228 g/mol. The SMILES string of the molecule is Cc1ccc(-c2cc(CCO)ccc2O)cc1. The summed E-state index contributed by atoms with van der Waals surface area (Å²) in [5.74, 6) is 0.274. The van der Waals surface area contributed by atoms with Gasteiger partial charge in [-0.1, -0.05) is 35.9 Å². The van der Waals surface area contributed by atoms with Crippen LogP contribution in [0, 0.1) is 6.92 Å². The molecule has 0 amide bonds. The highest BCUT2D eigenvalue weighted by Crippen LogP contribution is 2.30. The summed E-state index contributed by atoms with van der Waals surface area (Å²) in [6, 6.07) is 13.5. The lowest BCUT2D eigenvalue weighted by Gasteiger charge is -2.08. The molecule has 0 heterocycles. The van der Waals surface area contributed by atoms with E-state index in [0.717, 1.165) is 16.7 Å². The van der Waals surface area contributed by atoms with E-state index < -0.39 is 0 Å². The minimum Gasteiger partial charge on any atom is -0.507 e. The number of phenolic OH excluding ortho intramolecular Hbond substituents is 1. The molecular formula is C15H16O2. The third kappa shape index (κ3) is 2.66. The van der Waals surface area contributed by atoms with Crippen LogP contribution in [0.4, 0.5) is 0 Å². The van der Waals surface area contributed by atoms with E-state index in [-0.39, 0.29) is 12.4 Å². The van der Waals surface area contributed by atoms with Crippen molar-refractivity contribution in [1.82, 2.24) is 0 Å². The van der Waals surface area contributed by atoms with E-state index in [1.54, 1.807) is 6.07 Å². The van der Waals surface area contributed by atoms with Crippen LogP contribution in [0.5, 0.6) is 5.75 Å². The van der Waals surface area contributed by atoms with E-state index in [2.05, 4.69) is 0 Å². The maximum atomic E-state index is 9.86. The normalized spacial score (nSPS) is 10.5. The first-order chi connectivity index (χ1) is 8.20. The van der Waals surface area contributed by atoms with Crippen LogP contribution in [0.15, 0.2) is 42.5 Å². The fraction of sp³-hybridized carbons (Fsp3) is 0.200. The van der Waals surface area contributed by atoms with Crippen molar-refractivity contribution in [3.05, 3.63) is 53.6 Å². The fourth-order valence-electron chi connectivity index (χ4n) is 1.83. The van der Waals surface area contributed by atoms with Gasteiger partial charge in [-0.15, -0.1) is 0 Å². The molecule has 0 fully saturated rings. The molecule has 0 aliphatic carbocycles. The van der Waals surface area contributed by atoms with Gasteiger partial charge in [-0.05, 0) is 36.6 Å². The second-order valence-corrected chi connectivity index (χ2v) is 4.19. The van der Waals surface area contributed by atoms with Crippen LogP contribution in [0.2, 0.25) is 0 Å². The fourth-order valence-corrected chi connectivity index (χ4v) is 1.83. The molecule has 2 heteroatoms. The van der Waals surface area contributed by atoms with Crippen molar-refractivity contribution in [3.8, 4) is 16.9 Å². The number of aliphatic hydroxyl groups is 1. The highest BCUT2D eigenvalue weighted by Gasteiger charge is 2.05. The summed E-state index contributed by atoms with van der Waals surface area (Å²) in [5.41, 5.74) is 4.03. The zero-order valence-electron chi connectivity index (χ0n) is 9.85. The molecule has 2 aromatic carbocycles. The molecule has 2 aromatic rings. The van der Waals surface area contributed by atoms with Gasteiger partial charge in [-0.3, -0.25) is 0 Å². The zero-order valence-corrected chi connectivity index (χ0v) is 9.85. The smallest absolute Gasteiger partial charge is 0.123 e. The van der Waals surface area contributed by atoms with Crippen molar-refractivity contribution in [2.75, 3.05) is 6.61 Å². The van der Waals surface area contributed by atoms with Crippen LogP contribution in [0.3, 0.4) is 0 Å². The van der Waals surface area contributed by atoms with E-state index >= 15 is 0 Å². The van der Waals surface area contributed by atoms with Gasteiger partial charge in [-0.25, -0.2) is 0 Å². The first-order valence-electron chi connectivity index (χ1n) is 5.70. The molecule has 0 unspecified atom stereocenters. The largest absolute Gasteiger partial charge is 0.507 e. The molecular weight excluding hydrogens is 212 g/mol. The van der Waals surface area contributed by atoms with Crippen molar-refractivity contribution in [2.24, 2.45) is 0 Å². The van der Waals surface area contributed by atoms with Gasteiger partial charge in [0.15, 0.2) is 0 Å². The van der Waals surface area contributed by atoms with Crippen LogP contribution < -0.4 is 0 Å². The molecule has 2 rings (SSSR count). The number of benzene rings is 2. The summed E-state index contributed by atoms with van der Waals surface area (Å²) < 4.78 is 0. The van der Waals surface area contributed by atoms with Crippen molar-refractivity contribution < 1.29 is 10.2 Å². The van der Waals surface area contributed by atoms with Gasteiger partial charge in [0.05, 0.1) is 0 Å². The highest BCUT2D eigenvalue weighted by atomic mass is 16.3. The standard InChI is InChI=1S/C15H16O2/c1-11-2-5-13(6-3-11)14-10-12(8-9-16)4-7-15(14)17/h2-7,10,16-17H,8-9H2,1H3. The van der Waals surface area contributed by atoms with Gasteiger partial charge in [0, 0.05) is 12.2 Å². The Morgan fingerprint density at radius 1 is 1.00 bits per heavy atom. The quantitative estimate of drug-likeness (QED) is 0.848. The first-order valence-corrected chi connectivity index (χ1v) is 5.70.